The highest BCUT2D eigenvalue weighted by Crippen LogP contribution is 2.24. The SMILES string of the molecule is Cc1n[nH]c(C)c1N1CCN(C(=O)c2cccc([N+](=O)[O-])c2)CC1. The summed E-state index contributed by atoms with van der Waals surface area (Å²) in [5.41, 5.74) is 3.35. The van der Waals surface area contributed by atoms with Crippen LogP contribution < -0.4 is 4.90 Å². The van der Waals surface area contributed by atoms with Crippen molar-refractivity contribution in [2.24, 2.45) is 0 Å². The fraction of sp³-hybridized carbons (Fsp3) is 0.375. The number of carbonyl (C=O) groups is 1. The lowest BCUT2D eigenvalue weighted by molar-refractivity contribution is -0.384. The maximum absolute atomic E-state index is 12.6. The van der Waals surface area contributed by atoms with Gasteiger partial charge in [-0.3, -0.25) is 20.0 Å². The molecule has 1 aromatic carbocycles. The average molecular weight is 329 g/mol. The van der Waals surface area contributed by atoms with Crippen LogP contribution in [0.2, 0.25) is 0 Å². The molecule has 1 aliphatic rings. The molecule has 24 heavy (non-hydrogen) atoms. The number of nitro benzene ring substituents is 1. The van der Waals surface area contributed by atoms with Gasteiger partial charge in [-0.1, -0.05) is 6.07 Å². The number of carbonyl (C=O) groups excluding carboxylic acids is 1. The first kappa shape index (κ1) is 16.0. The number of piperazine rings is 1. The summed E-state index contributed by atoms with van der Waals surface area (Å²) in [6.45, 7) is 6.51. The summed E-state index contributed by atoms with van der Waals surface area (Å²) >= 11 is 0. The second-order valence-electron chi connectivity index (χ2n) is 5.87. The maximum atomic E-state index is 12.6. The lowest BCUT2D eigenvalue weighted by Crippen LogP contribution is -2.49. The van der Waals surface area contributed by atoms with E-state index in [0.29, 0.717) is 31.7 Å². The molecule has 1 fully saturated rings. The number of aryl methyl sites for hydroxylation is 2. The van der Waals surface area contributed by atoms with Gasteiger partial charge in [-0.05, 0) is 19.9 Å². The standard InChI is InChI=1S/C16H19N5O3/c1-11-15(12(2)18-17-11)19-6-8-20(9-7-19)16(22)13-4-3-5-14(10-13)21(23)24/h3-5,10H,6-9H2,1-2H3,(H,17,18). The Morgan fingerprint density at radius 3 is 2.54 bits per heavy atom. The first-order chi connectivity index (χ1) is 11.5. The molecule has 8 nitrogen and oxygen atoms in total. The minimum Gasteiger partial charge on any atom is -0.365 e. The van der Waals surface area contributed by atoms with Crippen molar-refractivity contribution in [3.05, 3.63) is 51.3 Å². The van der Waals surface area contributed by atoms with E-state index in [0.717, 1.165) is 17.1 Å². The number of rotatable bonds is 3. The predicted molar refractivity (Wildman–Crippen MR) is 89.3 cm³/mol. The van der Waals surface area contributed by atoms with Crippen LogP contribution in [0.25, 0.3) is 0 Å². The van der Waals surface area contributed by atoms with Gasteiger partial charge in [0.05, 0.1) is 22.0 Å². The number of nitro groups is 1. The van der Waals surface area contributed by atoms with Gasteiger partial charge < -0.3 is 9.80 Å². The number of hydrogen-bond donors (Lipinski definition) is 1. The topological polar surface area (TPSA) is 95.4 Å². The van der Waals surface area contributed by atoms with Gasteiger partial charge in [0, 0.05) is 43.9 Å². The molecule has 0 radical (unpaired) electrons. The zero-order valence-electron chi connectivity index (χ0n) is 13.7. The van der Waals surface area contributed by atoms with Gasteiger partial charge >= 0.3 is 0 Å². The fourth-order valence-electron chi connectivity index (χ4n) is 3.08. The first-order valence-corrected chi connectivity index (χ1v) is 7.77. The summed E-state index contributed by atoms with van der Waals surface area (Å²) in [5.74, 6) is -0.168. The maximum Gasteiger partial charge on any atom is 0.270 e. The Kier molecular flexibility index (Phi) is 4.20. The summed E-state index contributed by atoms with van der Waals surface area (Å²) < 4.78 is 0. The molecule has 3 rings (SSSR count). The number of aromatic nitrogens is 2. The van der Waals surface area contributed by atoms with Crippen LogP contribution in [0.5, 0.6) is 0 Å². The van der Waals surface area contributed by atoms with E-state index < -0.39 is 4.92 Å². The van der Waals surface area contributed by atoms with Crippen molar-refractivity contribution >= 4 is 17.3 Å². The average Bonchev–Trinajstić information content (AvgIpc) is 2.93. The van der Waals surface area contributed by atoms with E-state index in [-0.39, 0.29) is 11.6 Å². The zero-order chi connectivity index (χ0) is 17.3. The molecule has 1 saturated heterocycles. The molecule has 8 heteroatoms. The predicted octanol–water partition coefficient (Wildman–Crippen LogP) is 1.90. The van der Waals surface area contributed by atoms with Crippen LogP contribution in [0, 0.1) is 24.0 Å². The van der Waals surface area contributed by atoms with Gasteiger partial charge in [-0.15, -0.1) is 0 Å². The van der Waals surface area contributed by atoms with Gasteiger partial charge in [0.1, 0.15) is 0 Å². The van der Waals surface area contributed by atoms with Crippen LogP contribution in [0.4, 0.5) is 11.4 Å². The number of nitrogens with one attached hydrogen (secondary N) is 1. The lowest BCUT2D eigenvalue weighted by Gasteiger charge is -2.36. The van der Waals surface area contributed by atoms with E-state index in [2.05, 4.69) is 15.1 Å². The third-order valence-corrected chi connectivity index (χ3v) is 4.28. The number of non-ortho nitro benzene ring substituents is 1. The number of hydrogen-bond acceptors (Lipinski definition) is 5. The van der Waals surface area contributed by atoms with Crippen molar-refractivity contribution in [3.63, 3.8) is 0 Å². The molecule has 1 amide bonds. The van der Waals surface area contributed by atoms with Crippen molar-refractivity contribution in [3.8, 4) is 0 Å². The Balaban J connectivity index is 1.69. The number of nitrogens with zero attached hydrogens (tertiary/aromatic N) is 4. The molecule has 0 spiro atoms. The van der Waals surface area contributed by atoms with E-state index in [1.54, 1.807) is 17.0 Å². The highest BCUT2D eigenvalue weighted by Gasteiger charge is 2.25. The number of benzene rings is 1. The van der Waals surface area contributed by atoms with Crippen molar-refractivity contribution in [1.29, 1.82) is 0 Å². The Labute approximate surface area is 139 Å². The van der Waals surface area contributed by atoms with Crippen molar-refractivity contribution in [2.75, 3.05) is 31.1 Å². The zero-order valence-corrected chi connectivity index (χ0v) is 13.7. The Bertz CT molecular complexity index is 758. The third kappa shape index (κ3) is 2.94. The van der Waals surface area contributed by atoms with Gasteiger partial charge in [-0.2, -0.15) is 5.10 Å². The Morgan fingerprint density at radius 2 is 1.96 bits per heavy atom. The molecule has 1 aliphatic heterocycles. The van der Waals surface area contributed by atoms with Crippen LogP contribution in [0.3, 0.4) is 0 Å². The highest BCUT2D eigenvalue weighted by molar-refractivity contribution is 5.95. The molecule has 0 saturated carbocycles. The van der Waals surface area contributed by atoms with E-state index in [9.17, 15) is 14.9 Å². The lowest BCUT2D eigenvalue weighted by atomic mass is 10.1. The largest absolute Gasteiger partial charge is 0.365 e. The monoisotopic (exact) mass is 329 g/mol. The quantitative estimate of drug-likeness (QED) is 0.685. The van der Waals surface area contributed by atoms with Crippen LogP contribution in [0.15, 0.2) is 24.3 Å². The number of amides is 1. The minimum absolute atomic E-state index is 0.0656. The molecule has 0 aliphatic carbocycles. The van der Waals surface area contributed by atoms with Crippen LogP contribution in [0.1, 0.15) is 21.7 Å². The van der Waals surface area contributed by atoms with Crippen molar-refractivity contribution < 1.29 is 9.72 Å². The molecule has 2 aromatic rings. The van der Waals surface area contributed by atoms with Gasteiger partial charge in [0.2, 0.25) is 0 Å². The molecule has 2 heterocycles. The van der Waals surface area contributed by atoms with E-state index in [4.69, 9.17) is 0 Å². The number of aromatic amines is 1. The molecule has 0 bridgehead atoms. The van der Waals surface area contributed by atoms with Crippen molar-refractivity contribution in [2.45, 2.75) is 13.8 Å². The van der Waals surface area contributed by atoms with E-state index >= 15 is 0 Å². The van der Waals surface area contributed by atoms with E-state index in [1.807, 2.05) is 13.8 Å². The Hall–Kier alpha value is -2.90. The smallest absolute Gasteiger partial charge is 0.270 e. The van der Waals surface area contributed by atoms with Gasteiger partial charge in [-0.25, -0.2) is 0 Å². The molecule has 0 unspecified atom stereocenters. The minimum atomic E-state index is -0.487. The summed E-state index contributed by atoms with van der Waals surface area (Å²) in [5, 5.41) is 18.0. The summed E-state index contributed by atoms with van der Waals surface area (Å²) in [7, 11) is 0. The van der Waals surface area contributed by atoms with Crippen LogP contribution >= 0.6 is 0 Å². The number of H-pyrrole nitrogens is 1. The summed E-state index contributed by atoms with van der Waals surface area (Å²) in [6, 6.07) is 5.88. The molecular formula is C16H19N5O3. The number of anilines is 1. The van der Waals surface area contributed by atoms with Crippen LogP contribution in [-0.2, 0) is 0 Å². The molecular weight excluding hydrogens is 310 g/mol. The van der Waals surface area contributed by atoms with E-state index in [1.165, 1.54) is 12.1 Å². The van der Waals surface area contributed by atoms with Gasteiger partial charge in [0.25, 0.3) is 11.6 Å². The van der Waals surface area contributed by atoms with Gasteiger partial charge in [0.15, 0.2) is 0 Å². The molecule has 1 aromatic heterocycles. The molecule has 1 N–H and O–H groups in total. The first-order valence-electron chi connectivity index (χ1n) is 7.77. The second kappa shape index (κ2) is 6.31. The van der Waals surface area contributed by atoms with Crippen LogP contribution in [-0.4, -0.2) is 52.1 Å². The van der Waals surface area contributed by atoms with Crippen molar-refractivity contribution in [1.82, 2.24) is 15.1 Å². The summed E-state index contributed by atoms with van der Waals surface area (Å²) in [4.78, 5) is 26.9. The molecule has 126 valence electrons. The normalized spacial score (nSPS) is 14.8. The fourth-order valence-corrected chi connectivity index (χ4v) is 3.08. The Morgan fingerprint density at radius 1 is 1.25 bits per heavy atom. The highest BCUT2D eigenvalue weighted by atomic mass is 16.6. The third-order valence-electron chi connectivity index (χ3n) is 4.28. The second-order valence-corrected chi connectivity index (χ2v) is 5.87. The molecule has 0 atom stereocenters. The summed E-state index contributed by atoms with van der Waals surface area (Å²) in [6.07, 6.45) is 0.